The topological polar surface area (TPSA) is 15.3 Å². The molecule has 1 aliphatic heterocycles. The van der Waals surface area contributed by atoms with E-state index < -0.39 is 0 Å². The molecule has 96 valence electrons. The number of piperidine rings is 1. The average molecular weight is 226 g/mol. The Morgan fingerprint density at radius 3 is 2.69 bits per heavy atom. The van der Waals surface area contributed by atoms with E-state index in [1.807, 2.05) is 0 Å². The summed E-state index contributed by atoms with van der Waals surface area (Å²) >= 11 is 0. The maximum absolute atomic E-state index is 3.73. The van der Waals surface area contributed by atoms with Crippen LogP contribution in [0.25, 0.3) is 0 Å². The van der Waals surface area contributed by atoms with Gasteiger partial charge in [0, 0.05) is 19.1 Å². The molecular formula is C14H30N2. The number of rotatable bonds is 6. The molecule has 2 nitrogen and oxygen atoms in total. The van der Waals surface area contributed by atoms with Crippen LogP contribution < -0.4 is 5.32 Å². The van der Waals surface area contributed by atoms with Crippen LogP contribution in [0, 0.1) is 11.8 Å². The number of nitrogens with one attached hydrogen (secondary N) is 1. The highest BCUT2D eigenvalue weighted by Crippen LogP contribution is 2.20. The van der Waals surface area contributed by atoms with E-state index >= 15 is 0 Å². The first kappa shape index (κ1) is 14.0. The quantitative estimate of drug-likeness (QED) is 0.749. The minimum absolute atomic E-state index is 0.731. The van der Waals surface area contributed by atoms with Crippen molar-refractivity contribution < 1.29 is 0 Å². The van der Waals surface area contributed by atoms with Crippen molar-refractivity contribution in [3.8, 4) is 0 Å². The van der Waals surface area contributed by atoms with E-state index in [-0.39, 0.29) is 0 Å². The lowest BCUT2D eigenvalue weighted by Crippen LogP contribution is -2.48. The number of likely N-dealkylation sites (tertiary alicyclic amines) is 1. The third kappa shape index (κ3) is 5.31. The van der Waals surface area contributed by atoms with E-state index in [1.54, 1.807) is 0 Å². The molecule has 0 aromatic rings. The molecule has 0 spiro atoms. The molecule has 1 fully saturated rings. The molecule has 0 aromatic carbocycles. The molecule has 0 aromatic heterocycles. The van der Waals surface area contributed by atoms with Crippen molar-refractivity contribution in [2.45, 2.75) is 52.5 Å². The molecule has 0 amide bonds. The molecule has 1 rings (SSSR count). The van der Waals surface area contributed by atoms with Gasteiger partial charge in [-0.25, -0.2) is 0 Å². The van der Waals surface area contributed by atoms with Crippen LogP contribution in [-0.4, -0.2) is 37.6 Å². The fraction of sp³-hybridized carbons (Fsp3) is 1.00. The normalized spacial score (nSPS) is 27.6. The van der Waals surface area contributed by atoms with Gasteiger partial charge in [-0.2, -0.15) is 0 Å². The molecule has 2 heteroatoms. The van der Waals surface area contributed by atoms with Crippen molar-refractivity contribution in [3.05, 3.63) is 0 Å². The summed E-state index contributed by atoms with van der Waals surface area (Å²) in [4.78, 5) is 2.50. The highest BCUT2D eigenvalue weighted by Gasteiger charge is 2.23. The van der Waals surface area contributed by atoms with Crippen LogP contribution in [0.15, 0.2) is 0 Å². The molecule has 16 heavy (non-hydrogen) atoms. The fourth-order valence-corrected chi connectivity index (χ4v) is 2.78. The van der Waals surface area contributed by atoms with E-state index in [9.17, 15) is 0 Å². The van der Waals surface area contributed by atoms with E-state index in [0.29, 0.717) is 0 Å². The first-order chi connectivity index (χ1) is 7.61. The highest BCUT2D eigenvalue weighted by molar-refractivity contribution is 4.81. The van der Waals surface area contributed by atoms with Crippen LogP contribution in [0.2, 0.25) is 0 Å². The zero-order chi connectivity index (χ0) is 12.0. The third-order valence-electron chi connectivity index (χ3n) is 3.57. The Kier molecular flexibility index (Phi) is 6.37. The van der Waals surface area contributed by atoms with Gasteiger partial charge in [-0.15, -0.1) is 0 Å². The molecular weight excluding hydrogens is 196 g/mol. The van der Waals surface area contributed by atoms with E-state index in [2.05, 4.69) is 38.0 Å². The number of hydrogen-bond donors (Lipinski definition) is 1. The van der Waals surface area contributed by atoms with Gasteiger partial charge in [0.2, 0.25) is 0 Å². The Morgan fingerprint density at radius 1 is 1.31 bits per heavy atom. The minimum atomic E-state index is 0.731. The standard InChI is InChI=1S/C14H30N2/c1-5-6-13-9-14(11-16(4)10-13)15-8-7-12(2)3/h12-15H,5-11H2,1-4H3. The van der Waals surface area contributed by atoms with E-state index in [0.717, 1.165) is 17.9 Å². The molecule has 1 aliphatic rings. The first-order valence-electron chi connectivity index (χ1n) is 7.03. The molecule has 2 unspecified atom stereocenters. The second-order valence-electron chi connectivity index (χ2n) is 5.95. The molecule has 0 saturated carbocycles. The van der Waals surface area contributed by atoms with Crippen LogP contribution >= 0.6 is 0 Å². The fourth-order valence-electron chi connectivity index (χ4n) is 2.78. The molecule has 0 bridgehead atoms. The zero-order valence-corrected chi connectivity index (χ0v) is 11.6. The van der Waals surface area contributed by atoms with Crippen molar-refractivity contribution in [1.82, 2.24) is 10.2 Å². The zero-order valence-electron chi connectivity index (χ0n) is 11.6. The summed E-state index contributed by atoms with van der Waals surface area (Å²) in [5.74, 6) is 1.74. The number of hydrogen-bond acceptors (Lipinski definition) is 2. The summed E-state index contributed by atoms with van der Waals surface area (Å²) in [6.07, 6.45) is 5.42. The second kappa shape index (κ2) is 7.29. The maximum Gasteiger partial charge on any atom is 0.0198 e. The first-order valence-corrected chi connectivity index (χ1v) is 7.03. The highest BCUT2D eigenvalue weighted by atomic mass is 15.1. The average Bonchev–Trinajstić information content (AvgIpc) is 2.16. The lowest BCUT2D eigenvalue weighted by molar-refractivity contribution is 0.162. The predicted octanol–water partition coefficient (Wildman–Crippen LogP) is 2.74. The van der Waals surface area contributed by atoms with Crippen molar-refractivity contribution in [2.75, 3.05) is 26.7 Å². The van der Waals surface area contributed by atoms with Crippen LogP contribution in [-0.2, 0) is 0 Å². The summed E-state index contributed by atoms with van der Waals surface area (Å²) in [5, 5.41) is 3.73. The van der Waals surface area contributed by atoms with Crippen LogP contribution in [0.5, 0.6) is 0 Å². The van der Waals surface area contributed by atoms with Gasteiger partial charge in [0.25, 0.3) is 0 Å². The van der Waals surface area contributed by atoms with Crippen molar-refractivity contribution >= 4 is 0 Å². The molecule has 2 atom stereocenters. The van der Waals surface area contributed by atoms with Gasteiger partial charge in [0.1, 0.15) is 0 Å². The van der Waals surface area contributed by atoms with Crippen molar-refractivity contribution in [2.24, 2.45) is 11.8 Å². The maximum atomic E-state index is 3.73. The SMILES string of the molecule is CCCC1CC(NCCC(C)C)CN(C)C1. The molecule has 1 N–H and O–H groups in total. The van der Waals surface area contributed by atoms with Crippen LogP contribution in [0.3, 0.4) is 0 Å². The predicted molar refractivity (Wildman–Crippen MR) is 71.8 cm³/mol. The van der Waals surface area contributed by atoms with E-state index in [4.69, 9.17) is 0 Å². The van der Waals surface area contributed by atoms with Crippen LogP contribution in [0.4, 0.5) is 0 Å². The Morgan fingerprint density at radius 2 is 2.06 bits per heavy atom. The summed E-state index contributed by atoms with van der Waals surface area (Å²) in [5.41, 5.74) is 0. The Labute approximate surface area is 102 Å². The smallest absolute Gasteiger partial charge is 0.0198 e. The van der Waals surface area contributed by atoms with Gasteiger partial charge in [-0.05, 0) is 44.7 Å². The van der Waals surface area contributed by atoms with Gasteiger partial charge in [-0.1, -0.05) is 27.2 Å². The largest absolute Gasteiger partial charge is 0.313 e. The summed E-state index contributed by atoms with van der Waals surface area (Å²) < 4.78 is 0. The van der Waals surface area contributed by atoms with Gasteiger partial charge >= 0.3 is 0 Å². The summed E-state index contributed by atoms with van der Waals surface area (Å²) in [7, 11) is 2.26. The van der Waals surface area contributed by atoms with E-state index in [1.165, 1.54) is 45.3 Å². The summed E-state index contributed by atoms with van der Waals surface area (Å²) in [6.45, 7) is 10.6. The molecule has 0 radical (unpaired) electrons. The minimum Gasteiger partial charge on any atom is -0.313 e. The number of nitrogens with zero attached hydrogens (tertiary/aromatic N) is 1. The molecule has 0 aliphatic carbocycles. The Hall–Kier alpha value is -0.0800. The third-order valence-corrected chi connectivity index (χ3v) is 3.57. The van der Waals surface area contributed by atoms with Crippen molar-refractivity contribution in [3.63, 3.8) is 0 Å². The lowest BCUT2D eigenvalue weighted by Gasteiger charge is -2.36. The van der Waals surface area contributed by atoms with Gasteiger partial charge in [0.05, 0.1) is 0 Å². The summed E-state index contributed by atoms with van der Waals surface area (Å²) in [6, 6.07) is 0.731. The second-order valence-corrected chi connectivity index (χ2v) is 5.95. The molecule has 1 heterocycles. The van der Waals surface area contributed by atoms with Gasteiger partial charge in [-0.3, -0.25) is 0 Å². The van der Waals surface area contributed by atoms with Crippen molar-refractivity contribution in [1.29, 1.82) is 0 Å². The Bertz CT molecular complexity index is 180. The van der Waals surface area contributed by atoms with Crippen LogP contribution in [0.1, 0.15) is 46.5 Å². The molecule has 1 saturated heterocycles. The number of likely N-dealkylation sites (N-methyl/N-ethyl adjacent to an activating group) is 1. The van der Waals surface area contributed by atoms with Gasteiger partial charge in [0.15, 0.2) is 0 Å². The van der Waals surface area contributed by atoms with Gasteiger partial charge < -0.3 is 10.2 Å². The Balaban J connectivity index is 2.24. The lowest BCUT2D eigenvalue weighted by atomic mass is 9.91. The monoisotopic (exact) mass is 226 g/mol.